The molecule has 17 heavy (non-hydrogen) atoms. The van der Waals surface area contributed by atoms with Crippen LogP contribution in [0.25, 0.3) is 5.69 Å². The van der Waals surface area contributed by atoms with E-state index in [0.717, 1.165) is 11.5 Å². The first-order chi connectivity index (χ1) is 8.36. The smallest absolute Gasteiger partial charge is 0.139 e. The largest absolute Gasteiger partial charge is 0.506 e. The molecule has 1 aromatic carbocycles. The Morgan fingerprint density at radius 2 is 1.94 bits per heavy atom. The van der Waals surface area contributed by atoms with Gasteiger partial charge in [-0.25, -0.2) is 4.98 Å². The molecule has 1 fully saturated rings. The third-order valence-corrected chi connectivity index (χ3v) is 3.53. The number of imidazole rings is 1. The van der Waals surface area contributed by atoms with Gasteiger partial charge in [0.25, 0.3) is 0 Å². The lowest BCUT2D eigenvalue weighted by Crippen LogP contribution is -2.04. The molecule has 1 N–H and O–H groups in total. The first-order valence-corrected chi connectivity index (χ1v) is 6.18. The molecule has 0 amide bonds. The van der Waals surface area contributed by atoms with E-state index in [0.29, 0.717) is 11.7 Å². The fourth-order valence-electron chi connectivity index (χ4n) is 2.67. The summed E-state index contributed by atoms with van der Waals surface area (Å²) in [5.41, 5.74) is 0.826. The van der Waals surface area contributed by atoms with Gasteiger partial charge in [0.15, 0.2) is 0 Å². The molecular weight excluding hydrogens is 212 g/mol. The average Bonchev–Trinajstić information content (AvgIpc) is 3.00. The lowest BCUT2D eigenvalue weighted by Gasteiger charge is -2.13. The van der Waals surface area contributed by atoms with E-state index in [1.807, 2.05) is 35.2 Å². The summed E-state index contributed by atoms with van der Waals surface area (Å²) in [6.07, 6.45) is 8.76. The van der Waals surface area contributed by atoms with Crippen LogP contribution in [0.5, 0.6) is 5.75 Å². The molecule has 1 aliphatic rings. The Labute approximate surface area is 101 Å². The molecule has 0 spiro atoms. The summed E-state index contributed by atoms with van der Waals surface area (Å²) < 4.78 is 2.02. The van der Waals surface area contributed by atoms with Crippen molar-refractivity contribution in [2.75, 3.05) is 0 Å². The normalized spacial score (nSPS) is 16.5. The number of phenols is 1. The number of aromatic nitrogens is 2. The molecule has 0 saturated heterocycles. The first-order valence-electron chi connectivity index (χ1n) is 6.18. The number of phenolic OH excluding ortho intramolecular Hbond substituents is 1. The molecule has 1 aliphatic carbocycles. The third-order valence-electron chi connectivity index (χ3n) is 3.53. The lowest BCUT2D eigenvalue weighted by molar-refractivity contribution is 0.471. The lowest BCUT2D eigenvalue weighted by atomic mass is 10.1. The van der Waals surface area contributed by atoms with Gasteiger partial charge in [-0.05, 0) is 25.0 Å². The van der Waals surface area contributed by atoms with Gasteiger partial charge in [0, 0.05) is 18.3 Å². The zero-order valence-corrected chi connectivity index (χ0v) is 9.71. The van der Waals surface area contributed by atoms with E-state index in [1.54, 1.807) is 6.07 Å². The van der Waals surface area contributed by atoms with E-state index in [4.69, 9.17) is 0 Å². The van der Waals surface area contributed by atoms with Crippen molar-refractivity contribution in [3.63, 3.8) is 0 Å². The first kappa shape index (κ1) is 10.4. The number of benzene rings is 1. The van der Waals surface area contributed by atoms with Crippen LogP contribution in [0.4, 0.5) is 0 Å². The van der Waals surface area contributed by atoms with Crippen LogP contribution in [0.3, 0.4) is 0 Å². The van der Waals surface area contributed by atoms with Crippen molar-refractivity contribution in [3.05, 3.63) is 42.5 Å². The van der Waals surface area contributed by atoms with Crippen LogP contribution in [0.2, 0.25) is 0 Å². The number of aromatic hydroxyl groups is 1. The van der Waals surface area contributed by atoms with Crippen molar-refractivity contribution >= 4 is 0 Å². The van der Waals surface area contributed by atoms with Crippen LogP contribution >= 0.6 is 0 Å². The molecule has 88 valence electrons. The third kappa shape index (κ3) is 1.82. The molecule has 0 radical (unpaired) electrons. The summed E-state index contributed by atoms with van der Waals surface area (Å²) in [6.45, 7) is 0. The molecule has 0 bridgehead atoms. The van der Waals surface area contributed by atoms with E-state index in [2.05, 4.69) is 4.98 Å². The van der Waals surface area contributed by atoms with Gasteiger partial charge >= 0.3 is 0 Å². The van der Waals surface area contributed by atoms with Crippen LogP contribution in [0.1, 0.15) is 37.4 Å². The number of hydrogen-bond acceptors (Lipinski definition) is 2. The van der Waals surface area contributed by atoms with Gasteiger partial charge in [0.1, 0.15) is 11.6 Å². The summed E-state index contributed by atoms with van der Waals surface area (Å²) in [6, 6.07) is 7.42. The van der Waals surface area contributed by atoms with Crippen LogP contribution in [-0.4, -0.2) is 14.7 Å². The highest BCUT2D eigenvalue weighted by molar-refractivity contribution is 5.46. The Kier molecular flexibility index (Phi) is 2.59. The summed E-state index contributed by atoms with van der Waals surface area (Å²) in [4.78, 5) is 4.47. The zero-order chi connectivity index (χ0) is 11.7. The average molecular weight is 228 g/mol. The number of hydrogen-bond donors (Lipinski definition) is 1. The highest BCUT2D eigenvalue weighted by Gasteiger charge is 2.22. The van der Waals surface area contributed by atoms with E-state index in [9.17, 15) is 5.11 Å². The molecule has 3 rings (SSSR count). The van der Waals surface area contributed by atoms with Crippen LogP contribution in [-0.2, 0) is 0 Å². The summed E-state index contributed by atoms with van der Waals surface area (Å²) in [5.74, 6) is 1.94. The fourth-order valence-corrected chi connectivity index (χ4v) is 2.67. The molecule has 1 saturated carbocycles. The van der Waals surface area contributed by atoms with Crippen molar-refractivity contribution in [2.45, 2.75) is 31.6 Å². The molecule has 3 nitrogen and oxygen atoms in total. The van der Waals surface area contributed by atoms with Gasteiger partial charge in [0.05, 0.1) is 5.69 Å². The van der Waals surface area contributed by atoms with Gasteiger partial charge in [-0.3, -0.25) is 4.57 Å². The highest BCUT2D eigenvalue weighted by Crippen LogP contribution is 2.35. The van der Waals surface area contributed by atoms with Crippen molar-refractivity contribution in [2.24, 2.45) is 0 Å². The minimum atomic E-state index is 0.310. The number of para-hydroxylation sites is 2. The topological polar surface area (TPSA) is 38.0 Å². The quantitative estimate of drug-likeness (QED) is 0.856. The molecule has 2 aromatic rings. The predicted octanol–water partition coefficient (Wildman–Crippen LogP) is 3.24. The van der Waals surface area contributed by atoms with E-state index in [-0.39, 0.29) is 0 Å². The molecule has 1 heterocycles. The molecule has 0 aliphatic heterocycles. The Bertz CT molecular complexity index is 512. The summed E-state index contributed by atoms with van der Waals surface area (Å²) in [7, 11) is 0. The minimum absolute atomic E-state index is 0.310. The fraction of sp³-hybridized carbons (Fsp3) is 0.357. The van der Waals surface area contributed by atoms with Crippen molar-refractivity contribution in [1.82, 2.24) is 9.55 Å². The maximum absolute atomic E-state index is 9.90. The molecule has 0 atom stereocenters. The molecule has 3 heteroatoms. The molecule has 1 aromatic heterocycles. The Balaban J connectivity index is 2.04. The highest BCUT2D eigenvalue weighted by atomic mass is 16.3. The second-order valence-electron chi connectivity index (χ2n) is 4.63. The zero-order valence-electron chi connectivity index (χ0n) is 9.71. The Hall–Kier alpha value is -1.77. The maximum atomic E-state index is 9.90. The van der Waals surface area contributed by atoms with E-state index in [1.165, 1.54) is 25.7 Å². The Morgan fingerprint density at radius 1 is 1.18 bits per heavy atom. The number of rotatable bonds is 2. The second kappa shape index (κ2) is 4.24. The van der Waals surface area contributed by atoms with Gasteiger partial charge in [-0.1, -0.05) is 25.0 Å². The monoisotopic (exact) mass is 228 g/mol. The van der Waals surface area contributed by atoms with Crippen LogP contribution in [0.15, 0.2) is 36.7 Å². The van der Waals surface area contributed by atoms with Gasteiger partial charge in [0.2, 0.25) is 0 Å². The van der Waals surface area contributed by atoms with Gasteiger partial charge in [-0.15, -0.1) is 0 Å². The minimum Gasteiger partial charge on any atom is -0.506 e. The van der Waals surface area contributed by atoms with Crippen LogP contribution < -0.4 is 0 Å². The Morgan fingerprint density at radius 3 is 2.71 bits per heavy atom. The predicted molar refractivity (Wildman–Crippen MR) is 66.4 cm³/mol. The summed E-state index contributed by atoms with van der Waals surface area (Å²) in [5, 5.41) is 9.90. The summed E-state index contributed by atoms with van der Waals surface area (Å²) >= 11 is 0. The van der Waals surface area contributed by atoms with E-state index >= 15 is 0 Å². The number of nitrogens with zero attached hydrogens (tertiary/aromatic N) is 2. The van der Waals surface area contributed by atoms with Crippen LogP contribution in [0, 0.1) is 0 Å². The maximum Gasteiger partial charge on any atom is 0.139 e. The second-order valence-corrected chi connectivity index (χ2v) is 4.63. The van der Waals surface area contributed by atoms with Gasteiger partial charge in [-0.2, -0.15) is 0 Å². The van der Waals surface area contributed by atoms with Crippen molar-refractivity contribution in [3.8, 4) is 11.4 Å². The van der Waals surface area contributed by atoms with Crippen molar-refractivity contribution < 1.29 is 5.11 Å². The SMILES string of the molecule is Oc1ccccc1-n1ccnc1C1CCCC1. The van der Waals surface area contributed by atoms with E-state index < -0.39 is 0 Å². The molecular formula is C14H16N2O. The standard InChI is InChI=1S/C14H16N2O/c17-13-8-4-3-7-12(13)16-10-9-15-14(16)11-5-1-2-6-11/h3-4,7-11,17H,1-2,5-6H2. The van der Waals surface area contributed by atoms with Gasteiger partial charge < -0.3 is 5.11 Å². The van der Waals surface area contributed by atoms with Crippen molar-refractivity contribution in [1.29, 1.82) is 0 Å². The molecule has 0 unspecified atom stereocenters.